The molecule has 1 aromatic carbocycles. The van der Waals surface area contributed by atoms with Crippen molar-refractivity contribution in [3.63, 3.8) is 0 Å². The van der Waals surface area contributed by atoms with Crippen molar-refractivity contribution in [3.8, 4) is 0 Å². The van der Waals surface area contributed by atoms with E-state index in [9.17, 15) is 4.39 Å². The summed E-state index contributed by atoms with van der Waals surface area (Å²) in [6.45, 7) is 5.38. The van der Waals surface area contributed by atoms with E-state index in [0.29, 0.717) is 11.0 Å². The Balaban J connectivity index is 1.87. The molecule has 4 heteroatoms. The summed E-state index contributed by atoms with van der Waals surface area (Å²) >= 11 is 3.25. The van der Waals surface area contributed by atoms with Crippen molar-refractivity contribution >= 4 is 15.9 Å². The zero-order valence-corrected chi connectivity index (χ0v) is 10.8. The van der Waals surface area contributed by atoms with Gasteiger partial charge >= 0.3 is 0 Å². The Bertz CT molecular complexity index is 379. The van der Waals surface area contributed by atoms with Crippen LogP contribution in [0.15, 0.2) is 22.7 Å². The molecule has 0 amide bonds. The largest absolute Gasteiger partial charge is 0.380 e. The smallest absolute Gasteiger partial charge is 0.137 e. The van der Waals surface area contributed by atoms with Gasteiger partial charge in [0.2, 0.25) is 0 Å². The quantitative estimate of drug-likeness (QED) is 0.919. The molecular weight excluding hydrogens is 273 g/mol. The van der Waals surface area contributed by atoms with Crippen molar-refractivity contribution in [2.45, 2.75) is 13.5 Å². The van der Waals surface area contributed by atoms with Gasteiger partial charge in [-0.3, -0.25) is 0 Å². The standard InChI is InChI=1S/C12H15BrFNO/c1-12(7-16-8-12)6-15-5-9-3-2-4-10(14)11(9)13/h2-4,15H,5-8H2,1H3. The van der Waals surface area contributed by atoms with Gasteiger partial charge in [0.05, 0.1) is 17.7 Å². The molecule has 0 aromatic heterocycles. The summed E-state index contributed by atoms with van der Waals surface area (Å²) in [5, 5.41) is 3.34. The van der Waals surface area contributed by atoms with Crippen molar-refractivity contribution < 1.29 is 9.13 Å². The first kappa shape index (κ1) is 12.0. The first-order valence-electron chi connectivity index (χ1n) is 5.32. The second kappa shape index (κ2) is 4.82. The van der Waals surface area contributed by atoms with Crippen LogP contribution in [0, 0.1) is 11.2 Å². The average molecular weight is 288 g/mol. The molecule has 1 saturated heterocycles. The fraction of sp³-hybridized carbons (Fsp3) is 0.500. The zero-order valence-electron chi connectivity index (χ0n) is 9.22. The van der Waals surface area contributed by atoms with Crippen LogP contribution >= 0.6 is 15.9 Å². The van der Waals surface area contributed by atoms with Crippen molar-refractivity contribution in [2.75, 3.05) is 19.8 Å². The molecule has 1 aliphatic rings. The van der Waals surface area contributed by atoms with Gasteiger partial charge in [-0.1, -0.05) is 19.1 Å². The summed E-state index contributed by atoms with van der Waals surface area (Å²) in [6.07, 6.45) is 0. The highest BCUT2D eigenvalue weighted by atomic mass is 79.9. The van der Waals surface area contributed by atoms with Crippen LogP contribution in [0.25, 0.3) is 0 Å². The molecule has 0 aliphatic carbocycles. The lowest BCUT2D eigenvalue weighted by Crippen LogP contribution is -2.47. The molecule has 88 valence electrons. The normalized spacial score (nSPS) is 18.2. The number of halogens is 2. The highest BCUT2D eigenvalue weighted by Crippen LogP contribution is 2.26. The van der Waals surface area contributed by atoms with E-state index >= 15 is 0 Å². The second-order valence-corrected chi connectivity index (χ2v) is 5.41. The van der Waals surface area contributed by atoms with Gasteiger partial charge in [-0.05, 0) is 27.6 Å². The minimum atomic E-state index is -0.211. The molecule has 0 atom stereocenters. The van der Waals surface area contributed by atoms with Gasteiger partial charge in [0.1, 0.15) is 5.82 Å². The Labute approximate surface area is 103 Å². The Kier molecular flexibility index (Phi) is 3.62. The molecule has 1 aliphatic heterocycles. The Morgan fingerprint density at radius 3 is 2.88 bits per heavy atom. The van der Waals surface area contributed by atoms with Gasteiger partial charge in [-0.2, -0.15) is 0 Å². The lowest BCUT2D eigenvalue weighted by Gasteiger charge is -2.38. The maximum atomic E-state index is 13.2. The van der Waals surface area contributed by atoms with Gasteiger partial charge in [0.15, 0.2) is 0 Å². The molecule has 0 radical (unpaired) electrons. The number of rotatable bonds is 4. The SMILES string of the molecule is CC1(CNCc2cccc(F)c2Br)COC1. The summed E-state index contributed by atoms with van der Waals surface area (Å²) in [7, 11) is 0. The highest BCUT2D eigenvalue weighted by Gasteiger charge is 2.32. The van der Waals surface area contributed by atoms with Crippen LogP contribution in [0.4, 0.5) is 4.39 Å². The predicted octanol–water partition coefficient (Wildman–Crippen LogP) is 2.71. The fourth-order valence-corrected chi connectivity index (χ4v) is 2.14. The van der Waals surface area contributed by atoms with E-state index in [4.69, 9.17) is 4.74 Å². The van der Waals surface area contributed by atoms with Crippen molar-refractivity contribution in [2.24, 2.45) is 5.41 Å². The monoisotopic (exact) mass is 287 g/mol. The molecule has 1 N–H and O–H groups in total. The third kappa shape index (κ3) is 2.62. The number of ether oxygens (including phenoxy) is 1. The Morgan fingerprint density at radius 1 is 1.50 bits per heavy atom. The topological polar surface area (TPSA) is 21.3 Å². The maximum Gasteiger partial charge on any atom is 0.137 e. The minimum Gasteiger partial charge on any atom is -0.380 e. The van der Waals surface area contributed by atoms with Gasteiger partial charge in [-0.25, -0.2) is 4.39 Å². The van der Waals surface area contributed by atoms with Crippen molar-refractivity contribution in [3.05, 3.63) is 34.1 Å². The lowest BCUT2D eigenvalue weighted by molar-refractivity contribution is -0.0991. The molecule has 16 heavy (non-hydrogen) atoms. The van der Waals surface area contributed by atoms with Crippen LogP contribution in [-0.2, 0) is 11.3 Å². The third-order valence-electron chi connectivity index (χ3n) is 2.80. The summed E-state index contributed by atoms with van der Waals surface area (Å²) in [5.41, 5.74) is 1.20. The molecule has 2 nitrogen and oxygen atoms in total. The molecule has 1 aromatic rings. The first-order valence-corrected chi connectivity index (χ1v) is 6.11. The van der Waals surface area contributed by atoms with Crippen LogP contribution < -0.4 is 5.32 Å². The van der Waals surface area contributed by atoms with Crippen LogP contribution in [-0.4, -0.2) is 19.8 Å². The number of hydrogen-bond donors (Lipinski definition) is 1. The average Bonchev–Trinajstić information content (AvgIpc) is 2.22. The van der Waals surface area contributed by atoms with Crippen molar-refractivity contribution in [1.29, 1.82) is 0 Å². The van der Waals surface area contributed by atoms with E-state index in [-0.39, 0.29) is 11.2 Å². The Hall–Kier alpha value is -0.450. The summed E-state index contributed by atoms with van der Waals surface area (Å²) < 4.78 is 19.0. The molecule has 0 spiro atoms. The molecule has 2 rings (SSSR count). The molecule has 0 saturated carbocycles. The van der Waals surface area contributed by atoms with Gasteiger partial charge in [-0.15, -0.1) is 0 Å². The minimum absolute atomic E-state index is 0.211. The van der Waals surface area contributed by atoms with E-state index in [1.807, 2.05) is 6.07 Å². The number of benzene rings is 1. The second-order valence-electron chi connectivity index (χ2n) is 4.62. The molecular formula is C12H15BrFNO. The van der Waals surface area contributed by atoms with Crippen molar-refractivity contribution in [1.82, 2.24) is 5.32 Å². The molecule has 0 bridgehead atoms. The van der Waals surface area contributed by atoms with Gasteiger partial charge < -0.3 is 10.1 Å². The highest BCUT2D eigenvalue weighted by molar-refractivity contribution is 9.10. The fourth-order valence-electron chi connectivity index (χ4n) is 1.74. The summed E-state index contributed by atoms with van der Waals surface area (Å²) in [4.78, 5) is 0. The van der Waals surface area contributed by atoms with Crippen LogP contribution in [0.1, 0.15) is 12.5 Å². The van der Waals surface area contributed by atoms with Crippen LogP contribution in [0.2, 0.25) is 0 Å². The lowest BCUT2D eigenvalue weighted by atomic mass is 9.89. The molecule has 0 unspecified atom stereocenters. The molecule has 1 fully saturated rings. The third-order valence-corrected chi connectivity index (χ3v) is 3.69. The van der Waals surface area contributed by atoms with E-state index in [0.717, 1.165) is 25.3 Å². The van der Waals surface area contributed by atoms with E-state index in [1.54, 1.807) is 6.07 Å². The van der Waals surface area contributed by atoms with Crippen LogP contribution in [0.3, 0.4) is 0 Å². The van der Waals surface area contributed by atoms with Gasteiger partial charge in [0.25, 0.3) is 0 Å². The predicted molar refractivity (Wildman–Crippen MR) is 64.7 cm³/mol. The maximum absolute atomic E-state index is 13.2. The first-order chi connectivity index (χ1) is 7.61. The summed E-state index contributed by atoms with van der Waals surface area (Å²) in [5.74, 6) is -0.211. The molecule has 1 heterocycles. The van der Waals surface area contributed by atoms with E-state index < -0.39 is 0 Å². The summed E-state index contributed by atoms with van der Waals surface area (Å²) in [6, 6.07) is 5.10. The number of nitrogens with one attached hydrogen (secondary N) is 1. The number of hydrogen-bond acceptors (Lipinski definition) is 2. The van der Waals surface area contributed by atoms with E-state index in [2.05, 4.69) is 28.2 Å². The van der Waals surface area contributed by atoms with Crippen LogP contribution in [0.5, 0.6) is 0 Å². The Morgan fingerprint density at radius 2 is 2.25 bits per heavy atom. The zero-order chi connectivity index (χ0) is 11.6. The van der Waals surface area contributed by atoms with E-state index in [1.165, 1.54) is 6.07 Å². The van der Waals surface area contributed by atoms with Gasteiger partial charge in [0, 0.05) is 18.5 Å².